The average Bonchev–Trinajstić information content (AvgIpc) is 2.55. The predicted molar refractivity (Wildman–Crippen MR) is 94.9 cm³/mol. The molecule has 2 amide bonds. The molecule has 0 radical (unpaired) electrons. The molecule has 0 aliphatic rings. The van der Waals surface area contributed by atoms with Gasteiger partial charge < -0.3 is 15.0 Å². The van der Waals surface area contributed by atoms with E-state index in [9.17, 15) is 18.0 Å². The van der Waals surface area contributed by atoms with Crippen LogP contribution in [0.4, 0.5) is 23.7 Å². The molecular formula is C18H18ClF3N2O2. The Kier molecular flexibility index (Phi) is 6.02. The van der Waals surface area contributed by atoms with E-state index in [1.807, 2.05) is 13.8 Å². The smallest absolute Gasteiger partial charge is 0.416 e. The molecule has 4 nitrogen and oxygen atoms in total. The third kappa shape index (κ3) is 5.05. The van der Waals surface area contributed by atoms with Crippen LogP contribution in [0.3, 0.4) is 0 Å². The second-order valence-corrected chi connectivity index (χ2v) is 6.31. The van der Waals surface area contributed by atoms with E-state index in [1.54, 1.807) is 31.3 Å². The lowest BCUT2D eigenvalue weighted by molar-refractivity contribution is -0.137. The normalized spacial score (nSPS) is 11.4. The molecule has 0 saturated heterocycles. The standard InChI is InChI=1S/C18H18ClF3N2O2/c1-11(2)24(3)17(25)23-13-5-4-6-14(10-13)26-16-8-7-12(9-15(16)19)18(20,21)22/h4-11H,1-3H3,(H,23,25). The number of anilines is 1. The Labute approximate surface area is 154 Å². The molecule has 0 aliphatic heterocycles. The van der Waals surface area contributed by atoms with Crippen molar-refractivity contribution in [2.75, 3.05) is 12.4 Å². The van der Waals surface area contributed by atoms with Gasteiger partial charge in [0.25, 0.3) is 0 Å². The van der Waals surface area contributed by atoms with Crippen LogP contribution in [-0.4, -0.2) is 24.0 Å². The molecule has 0 bridgehead atoms. The van der Waals surface area contributed by atoms with Crippen LogP contribution in [-0.2, 0) is 6.18 Å². The number of halogens is 4. The first kappa shape index (κ1) is 19.9. The number of ether oxygens (including phenoxy) is 1. The number of urea groups is 1. The number of rotatable bonds is 4. The number of carbonyl (C=O) groups is 1. The molecule has 0 unspecified atom stereocenters. The molecule has 0 aliphatic carbocycles. The maximum absolute atomic E-state index is 12.7. The minimum absolute atomic E-state index is 0.0281. The molecular weight excluding hydrogens is 369 g/mol. The Hall–Kier alpha value is -2.41. The second-order valence-electron chi connectivity index (χ2n) is 5.91. The summed E-state index contributed by atoms with van der Waals surface area (Å²) in [6.45, 7) is 3.76. The fraction of sp³-hybridized carbons (Fsp3) is 0.278. The minimum Gasteiger partial charge on any atom is -0.456 e. The summed E-state index contributed by atoms with van der Waals surface area (Å²) >= 11 is 5.88. The summed E-state index contributed by atoms with van der Waals surface area (Å²) in [5.74, 6) is 0.416. The van der Waals surface area contributed by atoms with Crippen LogP contribution in [0, 0.1) is 0 Å². The predicted octanol–water partition coefficient (Wildman–Crippen LogP) is 6.02. The lowest BCUT2D eigenvalue weighted by Gasteiger charge is -2.22. The number of alkyl halides is 3. The molecule has 0 fully saturated rings. The van der Waals surface area contributed by atoms with E-state index in [2.05, 4.69) is 5.32 Å². The van der Waals surface area contributed by atoms with Gasteiger partial charge in [0.05, 0.1) is 10.6 Å². The molecule has 26 heavy (non-hydrogen) atoms. The highest BCUT2D eigenvalue weighted by Crippen LogP contribution is 2.36. The highest BCUT2D eigenvalue weighted by atomic mass is 35.5. The summed E-state index contributed by atoms with van der Waals surface area (Å²) in [6.07, 6.45) is -4.48. The van der Waals surface area contributed by atoms with Crippen molar-refractivity contribution in [1.82, 2.24) is 4.90 Å². The molecule has 0 heterocycles. The van der Waals surface area contributed by atoms with Gasteiger partial charge in [0.2, 0.25) is 0 Å². The number of amides is 2. The summed E-state index contributed by atoms with van der Waals surface area (Å²) in [4.78, 5) is 13.6. The third-order valence-electron chi connectivity index (χ3n) is 3.67. The molecule has 0 atom stereocenters. The molecule has 2 aromatic rings. The molecule has 0 spiro atoms. The Morgan fingerprint density at radius 2 is 1.88 bits per heavy atom. The molecule has 8 heteroatoms. The van der Waals surface area contributed by atoms with Crippen molar-refractivity contribution in [2.45, 2.75) is 26.1 Å². The van der Waals surface area contributed by atoms with E-state index < -0.39 is 11.7 Å². The summed E-state index contributed by atoms with van der Waals surface area (Å²) in [5.41, 5.74) is -0.365. The monoisotopic (exact) mass is 386 g/mol. The van der Waals surface area contributed by atoms with Gasteiger partial charge >= 0.3 is 12.2 Å². The number of nitrogens with zero attached hydrogens (tertiary/aromatic N) is 1. The Morgan fingerprint density at radius 3 is 2.46 bits per heavy atom. The Bertz CT molecular complexity index is 794. The minimum atomic E-state index is -4.48. The maximum Gasteiger partial charge on any atom is 0.416 e. The fourth-order valence-electron chi connectivity index (χ4n) is 1.97. The SMILES string of the molecule is CC(C)N(C)C(=O)Nc1cccc(Oc2ccc(C(F)(F)F)cc2Cl)c1. The van der Waals surface area contributed by atoms with E-state index in [0.717, 1.165) is 18.2 Å². The van der Waals surface area contributed by atoms with Crippen LogP contribution >= 0.6 is 11.6 Å². The van der Waals surface area contributed by atoms with Gasteiger partial charge in [-0.3, -0.25) is 0 Å². The second kappa shape index (κ2) is 7.86. The molecule has 1 N–H and O–H groups in total. The van der Waals surface area contributed by atoms with Gasteiger partial charge in [-0.05, 0) is 44.2 Å². The van der Waals surface area contributed by atoms with E-state index in [-0.39, 0.29) is 22.8 Å². The van der Waals surface area contributed by atoms with Crippen molar-refractivity contribution >= 4 is 23.3 Å². The molecule has 0 aromatic heterocycles. The first-order chi connectivity index (χ1) is 12.1. The average molecular weight is 387 g/mol. The van der Waals surface area contributed by atoms with Crippen LogP contribution in [0.1, 0.15) is 19.4 Å². The van der Waals surface area contributed by atoms with Crippen molar-refractivity contribution in [3.8, 4) is 11.5 Å². The van der Waals surface area contributed by atoms with Crippen molar-refractivity contribution in [3.63, 3.8) is 0 Å². The van der Waals surface area contributed by atoms with E-state index in [0.29, 0.717) is 11.4 Å². The highest BCUT2D eigenvalue weighted by Gasteiger charge is 2.31. The van der Waals surface area contributed by atoms with Crippen LogP contribution in [0.25, 0.3) is 0 Å². The van der Waals surface area contributed by atoms with Gasteiger partial charge in [-0.15, -0.1) is 0 Å². The summed E-state index contributed by atoms with van der Waals surface area (Å²) < 4.78 is 43.6. The highest BCUT2D eigenvalue weighted by molar-refractivity contribution is 6.32. The first-order valence-corrected chi connectivity index (χ1v) is 8.14. The van der Waals surface area contributed by atoms with E-state index in [1.165, 1.54) is 4.90 Å². The van der Waals surface area contributed by atoms with Gasteiger partial charge in [0, 0.05) is 24.8 Å². The molecule has 2 rings (SSSR count). The fourth-order valence-corrected chi connectivity index (χ4v) is 2.19. The van der Waals surface area contributed by atoms with Gasteiger partial charge in [-0.25, -0.2) is 4.79 Å². The van der Waals surface area contributed by atoms with Crippen LogP contribution in [0.5, 0.6) is 11.5 Å². The molecule has 0 saturated carbocycles. The summed E-state index contributed by atoms with van der Waals surface area (Å²) in [5, 5.41) is 2.56. The van der Waals surface area contributed by atoms with Gasteiger partial charge in [-0.1, -0.05) is 17.7 Å². The van der Waals surface area contributed by atoms with E-state index in [4.69, 9.17) is 16.3 Å². The van der Waals surface area contributed by atoms with Gasteiger partial charge in [0.1, 0.15) is 11.5 Å². The third-order valence-corrected chi connectivity index (χ3v) is 3.96. The molecule has 2 aromatic carbocycles. The number of hydrogen-bond donors (Lipinski definition) is 1. The zero-order valence-corrected chi connectivity index (χ0v) is 15.2. The zero-order valence-electron chi connectivity index (χ0n) is 14.4. The number of hydrogen-bond acceptors (Lipinski definition) is 2. The van der Waals surface area contributed by atoms with Crippen molar-refractivity contribution in [2.24, 2.45) is 0 Å². The lowest BCUT2D eigenvalue weighted by Crippen LogP contribution is -2.36. The summed E-state index contributed by atoms with van der Waals surface area (Å²) in [6, 6.07) is 9.08. The largest absolute Gasteiger partial charge is 0.456 e. The van der Waals surface area contributed by atoms with Crippen molar-refractivity contribution in [3.05, 3.63) is 53.1 Å². The maximum atomic E-state index is 12.7. The Balaban J connectivity index is 2.15. The van der Waals surface area contributed by atoms with Crippen LogP contribution < -0.4 is 10.1 Å². The van der Waals surface area contributed by atoms with Gasteiger partial charge in [0.15, 0.2) is 0 Å². The summed E-state index contributed by atoms with van der Waals surface area (Å²) in [7, 11) is 1.67. The number of benzene rings is 2. The van der Waals surface area contributed by atoms with Crippen molar-refractivity contribution < 1.29 is 22.7 Å². The molecule has 140 valence electrons. The quantitative estimate of drug-likeness (QED) is 0.697. The number of carbonyl (C=O) groups excluding carboxylic acids is 1. The van der Waals surface area contributed by atoms with Crippen molar-refractivity contribution in [1.29, 1.82) is 0 Å². The zero-order chi connectivity index (χ0) is 19.5. The van der Waals surface area contributed by atoms with Crippen LogP contribution in [0.15, 0.2) is 42.5 Å². The first-order valence-electron chi connectivity index (χ1n) is 7.76. The van der Waals surface area contributed by atoms with Gasteiger partial charge in [-0.2, -0.15) is 13.2 Å². The Morgan fingerprint density at radius 1 is 1.19 bits per heavy atom. The van der Waals surface area contributed by atoms with E-state index >= 15 is 0 Å². The lowest BCUT2D eigenvalue weighted by atomic mass is 10.2. The van der Waals surface area contributed by atoms with Crippen LogP contribution in [0.2, 0.25) is 5.02 Å². The topological polar surface area (TPSA) is 41.6 Å². The number of nitrogens with one attached hydrogen (secondary N) is 1.